The van der Waals surface area contributed by atoms with Crippen molar-refractivity contribution in [2.45, 2.75) is 101 Å². The number of rotatable bonds is 23. The summed E-state index contributed by atoms with van der Waals surface area (Å²) in [7, 11) is 0. The van der Waals surface area contributed by atoms with Crippen molar-refractivity contribution >= 4 is 64.1 Å². The Balaban J connectivity index is 2.16. The van der Waals surface area contributed by atoms with E-state index in [1.807, 2.05) is 18.2 Å². The van der Waals surface area contributed by atoms with Crippen molar-refractivity contribution in [2.24, 2.45) is 17.2 Å². The Bertz CT molecular complexity index is 1800. The zero-order valence-corrected chi connectivity index (χ0v) is 31.3. The number of hydrogen-bond acceptors (Lipinski definition) is 13. The number of aliphatic hydroxyl groups is 3. The SMILES string of the molecule is C[C@H](NC(=O)[C@H](CCC(N)=O)NC(=O)[C@@H](NC(=O)[C@@H](NC(=O)[C@H](CO)NC(=O)[C@H](CC(N)=O)NC(=O)[C@@H](N)Cc1c[nH]c2ccccc12)[C@@H](C)O)[C@@H](C)O)C(=O)O. The molecule has 0 saturated carbocycles. The van der Waals surface area contributed by atoms with Crippen LogP contribution in [-0.2, 0) is 49.6 Å². The lowest BCUT2D eigenvalue weighted by Gasteiger charge is -2.28. The van der Waals surface area contributed by atoms with Crippen LogP contribution in [0, 0.1) is 0 Å². The number of para-hydroxylation sites is 1. The van der Waals surface area contributed by atoms with E-state index >= 15 is 0 Å². The molecule has 2 rings (SSSR count). The third kappa shape index (κ3) is 14.4. The minimum Gasteiger partial charge on any atom is -0.480 e. The summed E-state index contributed by atoms with van der Waals surface area (Å²) in [4.78, 5) is 116. The highest BCUT2D eigenvalue weighted by atomic mass is 16.4. The molecule has 23 heteroatoms. The van der Waals surface area contributed by atoms with E-state index in [-0.39, 0.29) is 6.42 Å². The zero-order chi connectivity index (χ0) is 43.1. The van der Waals surface area contributed by atoms with Crippen molar-refractivity contribution < 1.29 is 63.6 Å². The molecule has 9 atom stereocenters. The third-order valence-electron chi connectivity index (χ3n) is 8.47. The number of nitrogens with two attached hydrogens (primary N) is 3. The minimum absolute atomic E-state index is 0.0279. The van der Waals surface area contributed by atoms with E-state index < -0.39 is 134 Å². The Morgan fingerprint density at radius 1 is 0.684 bits per heavy atom. The van der Waals surface area contributed by atoms with E-state index in [0.717, 1.165) is 31.7 Å². The number of carboxylic acids is 1. The predicted octanol–water partition coefficient (Wildman–Crippen LogP) is -6.05. The zero-order valence-electron chi connectivity index (χ0n) is 31.3. The van der Waals surface area contributed by atoms with Gasteiger partial charge in [-0.25, -0.2) is 0 Å². The molecule has 0 spiro atoms. The molecule has 8 amide bonds. The number of aliphatic hydroxyl groups excluding tert-OH is 3. The molecular weight excluding hydrogens is 756 g/mol. The molecule has 2 aromatic rings. The van der Waals surface area contributed by atoms with Gasteiger partial charge < -0.3 is 74.5 Å². The van der Waals surface area contributed by atoms with E-state index in [4.69, 9.17) is 22.3 Å². The number of benzene rings is 1. The first-order valence-corrected chi connectivity index (χ1v) is 17.6. The second-order valence-corrected chi connectivity index (χ2v) is 13.2. The highest BCUT2D eigenvalue weighted by molar-refractivity contribution is 5.98. The number of aromatic nitrogens is 1. The van der Waals surface area contributed by atoms with Crippen LogP contribution in [0.2, 0.25) is 0 Å². The number of primary amides is 2. The molecule has 0 unspecified atom stereocenters. The molecule has 0 aliphatic rings. The Labute approximate surface area is 325 Å². The van der Waals surface area contributed by atoms with Gasteiger partial charge in [0.15, 0.2) is 0 Å². The van der Waals surface area contributed by atoms with Gasteiger partial charge >= 0.3 is 5.97 Å². The highest BCUT2D eigenvalue weighted by Gasteiger charge is 2.36. The number of carbonyl (C=O) groups excluding carboxylic acids is 8. The maximum Gasteiger partial charge on any atom is 0.325 e. The maximum absolute atomic E-state index is 13.3. The van der Waals surface area contributed by atoms with E-state index in [2.05, 4.69) is 36.9 Å². The average Bonchev–Trinajstić information content (AvgIpc) is 3.54. The van der Waals surface area contributed by atoms with Gasteiger partial charge in [-0.15, -0.1) is 0 Å². The maximum atomic E-state index is 13.3. The number of aromatic amines is 1. The van der Waals surface area contributed by atoms with Gasteiger partial charge in [-0.2, -0.15) is 0 Å². The summed E-state index contributed by atoms with van der Waals surface area (Å²) >= 11 is 0. The molecule has 314 valence electrons. The van der Waals surface area contributed by atoms with Crippen LogP contribution >= 0.6 is 0 Å². The molecule has 0 bridgehead atoms. The highest BCUT2D eigenvalue weighted by Crippen LogP contribution is 2.19. The molecule has 17 N–H and O–H groups in total. The van der Waals surface area contributed by atoms with Gasteiger partial charge in [0.2, 0.25) is 47.3 Å². The number of nitrogens with one attached hydrogen (secondary N) is 7. The van der Waals surface area contributed by atoms with Crippen LogP contribution in [0.5, 0.6) is 0 Å². The smallest absolute Gasteiger partial charge is 0.325 e. The number of amides is 8. The molecule has 0 aliphatic heterocycles. The second kappa shape index (κ2) is 21.8. The van der Waals surface area contributed by atoms with Crippen molar-refractivity contribution in [1.82, 2.24) is 36.9 Å². The summed E-state index contributed by atoms with van der Waals surface area (Å²) in [6.07, 6.45) is -3.29. The largest absolute Gasteiger partial charge is 0.480 e. The predicted molar refractivity (Wildman–Crippen MR) is 198 cm³/mol. The van der Waals surface area contributed by atoms with Gasteiger partial charge in [0, 0.05) is 23.5 Å². The van der Waals surface area contributed by atoms with Gasteiger partial charge in [-0.1, -0.05) is 18.2 Å². The normalized spacial score (nSPS) is 15.8. The van der Waals surface area contributed by atoms with Gasteiger partial charge in [-0.05, 0) is 45.2 Å². The van der Waals surface area contributed by atoms with Crippen molar-refractivity contribution in [3.8, 4) is 0 Å². The summed E-state index contributed by atoms with van der Waals surface area (Å²) in [5.74, 6) is -10.1. The second-order valence-electron chi connectivity index (χ2n) is 13.2. The summed E-state index contributed by atoms with van der Waals surface area (Å²) in [6.45, 7) is 2.15. The number of hydrogen-bond donors (Lipinski definition) is 14. The minimum atomic E-state index is -1.91. The number of H-pyrrole nitrogens is 1. The fraction of sp³-hybridized carbons (Fsp3) is 0.500. The van der Waals surface area contributed by atoms with Gasteiger partial charge in [0.1, 0.15) is 36.3 Å². The van der Waals surface area contributed by atoms with E-state index in [1.165, 1.54) is 0 Å². The number of carbonyl (C=O) groups is 9. The fourth-order valence-corrected chi connectivity index (χ4v) is 5.29. The topological polar surface area (TPSA) is 401 Å². The summed E-state index contributed by atoms with van der Waals surface area (Å²) in [5.41, 5.74) is 18.0. The summed E-state index contributed by atoms with van der Waals surface area (Å²) < 4.78 is 0. The number of carboxylic acid groups (broad SMARTS) is 1. The number of fused-ring (bicyclic) bond motifs is 1. The first kappa shape index (κ1) is 47.0. The van der Waals surface area contributed by atoms with E-state index in [9.17, 15) is 58.5 Å². The van der Waals surface area contributed by atoms with Gasteiger partial charge in [-0.3, -0.25) is 43.2 Å². The van der Waals surface area contributed by atoms with Crippen molar-refractivity contribution in [1.29, 1.82) is 0 Å². The Hall–Kier alpha value is -6.17. The van der Waals surface area contributed by atoms with Gasteiger partial charge in [0.25, 0.3) is 0 Å². The van der Waals surface area contributed by atoms with Crippen LogP contribution in [0.1, 0.15) is 45.6 Å². The fourth-order valence-electron chi connectivity index (χ4n) is 5.29. The summed E-state index contributed by atoms with van der Waals surface area (Å²) in [6, 6.07) is -4.26. The van der Waals surface area contributed by atoms with Crippen LogP contribution < -0.4 is 49.1 Å². The Kier molecular flexibility index (Phi) is 18.0. The van der Waals surface area contributed by atoms with Crippen molar-refractivity contribution in [3.63, 3.8) is 0 Å². The summed E-state index contributed by atoms with van der Waals surface area (Å²) in [5, 5.41) is 53.5. The molecule has 0 saturated heterocycles. The molecule has 1 heterocycles. The molecule has 0 aliphatic carbocycles. The van der Waals surface area contributed by atoms with Crippen molar-refractivity contribution in [2.75, 3.05) is 6.61 Å². The van der Waals surface area contributed by atoms with Crippen LogP contribution in [0.3, 0.4) is 0 Å². The molecule has 0 fully saturated rings. The van der Waals surface area contributed by atoms with E-state index in [0.29, 0.717) is 5.56 Å². The van der Waals surface area contributed by atoms with Crippen LogP contribution in [0.4, 0.5) is 0 Å². The van der Waals surface area contributed by atoms with E-state index in [1.54, 1.807) is 12.3 Å². The third-order valence-corrected chi connectivity index (χ3v) is 8.47. The molecule has 57 heavy (non-hydrogen) atoms. The molecule has 1 aromatic heterocycles. The Morgan fingerprint density at radius 3 is 1.74 bits per heavy atom. The molecule has 23 nitrogen and oxygen atoms in total. The first-order valence-electron chi connectivity index (χ1n) is 17.6. The van der Waals surface area contributed by atoms with Crippen LogP contribution in [-0.4, -0.2) is 140 Å². The molecule has 0 radical (unpaired) electrons. The lowest BCUT2D eigenvalue weighted by atomic mass is 10.0. The standard InChI is InChI=1S/C34H50N10O13/c1-14(34(56)57)39-29(51)21(8-9-24(36)48)40-32(54)26(15(2)46)44-33(55)27(16(3)47)43-31(53)23(13-45)42-30(52)22(11-25(37)49)41-28(50)19(35)10-17-12-38-20-7-5-4-6-18(17)20/h4-7,12,14-16,19,21-23,26-27,38,45-47H,8-11,13,35H2,1-3H3,(H2,36,48)(H2,37,49)(H,39,51)(H,40,54)(H,41,50)(H,42,52)(H,43,53)(H,44,55)(H,56,57)/t14-,15+,16+,19-,21-,22-,23-,26-,27-/m0/s1. The Morgan fingerprint density at radius 2 is 1.19 bits per heavy atom. The van der Waals surface area contributed by atoms with Crippen LogP contribution in [0.25, 0.3) is 10.9 Å². The molecule has 1 aromatic carbocycles. The van der Waals surface area contributed by atoms with Crippen LogP contribution in [0.15, 0.2) is 30.5 Å². The number of aliphatic carboxylic acids is 1. The average molecular weight is 807 g/mol. The van der Waals surface area contributed by atoms with Crippen molar-refractivity contribution in [3.05, 3.63) is 36.0 Å². The first-order chi connectivity index (χ1) is 26.7. The quantitative estimate of drug-likeness (QED) is 0.0497. The monoisotopic (exact) mass is 806 g/mol. The lowest BCUT2D eigenvalue weighted by molar-refractivity contribution is -0.142. The lowest BCUT2D eigenvalue weighted by Crippen LogP contribution is -2.63. The van der Waals surface area contributed by atoms with Gasteiger partial charge in [0.05, 0.1) is 31.3 Å². The molecular formula is C34H50N10O13.